The lowest BCUT2D eigenvalue weighted by atomic mass is 10.1. The van der Waals surface area contributed by atoms with E-state index in [9.17, 15) is 0 Å². The van der Waals surface area contributed by atoms with Crippen molar-refractivity contribution in [1.82, 2.24) is 9.13 Å². The Kier molecular flexibility index (Phi) is 4.44. The molecule has 0 radical (unpaired) electrons. The fourth-order valence-electron chi connectivity index (χ4n) is 3.44. The topological polar surface area (TPSA) is 33.7 Å². The molecule has 1 aromatic heterocycles. The van der Waals surface area contributed by atoms with Crippen LogP contribution in [0.4, 0.5) is 0 Å². The molecule has 0 spiro atoms. The van der Waals surface area contributed by atoms with Crippen molar-refractivity contribution in [3.63, 3.8) is 0 Å². The fourth-order valence-corrected chi connectivity index (χ4v) is 3.44. The van der Waals surface area contributed by atoms with Crippen LogP contribution in [-0.4, -0.2) is 9.13 Å². The summed E-state index contributed by atoms with van der Waals surface area (Å²) in [6.07, 6.45) is 0.927. The molecule has 1 N–H and O–H groups in total. The number of hydrogen-bond acceptors (Lipinski definition) is 1. The molecule has 4 rings (SSSR count). The van der Waals surface area contributed by atoms with Gasteiger partial charge in [0.25, 0.3) is 0 Å². The maximum Gasteiger partial charge on any atom is 0.203 e. The highest BCUT2D eigenvalue weighted by Crippen LogP contribution is 2.15. The highest BCUT2D eigenvalue weighted by atomic mass is 15.2. The predicted octanol–water partition coefficient (Wildman–Crippen LogP) is 4.52. The van der Waals surface area contributed by atoms with Crippen molar-refractivity contribution < 1.29 is 0 Å². The number of para-hydroxylation sites is 2. The second kappa shape index (κ2) is 7.04. The van der Waals surface area contributed by atoms with E-state index in [0.29, 0.717) is 5.62 Å². The van der Waals surface area contributed by atoms with E-state index in [1.165, 1.54) is 16.7 Å². The van der Waals surface area contributed by atoms with Crippen LogP contribution in [0, 0.1) is 12.3 Å². The number of fused-ring (bicyclic) bond motifs is 1. The van der Waals surface area contributed by atoms with Gasteiger partial charge in [0.2, 0.25) is 5.62 Å². The van der Waals surface area contributed by atoms with Crippen LogP contribution in [0.1, 0.15) is 16.7 Å². The average Bonchev–Trinajstić information content (AvgIpc) is 2.94. The Labute approximate surface area is 153 Å². The van der Waals surface area contributed by atoms with E-state index in [4.69, 9.17) is 5.41 Å². The van der Waals surface area contributed by atoms with Crippen LogP contribution in [0.2, 0.25) is 0 Å². The Morgan fingerprint density at radius 1 is 0.692 bits per heavy atom. The number of imidazole rings is 1. The van der Waals surface area contributed by atoms with Gasteiger partial charge in [0.1, 0.15) is 0 Å². The molecular weight excluding hydrogens is 318 g/mol. The number of nitrogens with one attached hydrogen (secondary N) is 1. The first-order valence-corrected chi connectivity index (χ1v) is 9.04. The highest BCUT2D eigenvalue weighted by Gasteiger charge is 2.11. The molecule has 4 aromatic rings. The monoisotopic (exact) mass is 341 g/mol. The number of aromatic nitrogens is 2. The van der Waals surface area contributed by atoms with E-state index in [-0.39, 0.29) is 0 Å². The van der Waals surface area contributed by atoms with Crippen LogP contribution < -0.4 is 5.62 Å². The van der Waals surface area contributed by atoms with Gasteiger partial charge >= 0.3 is 0 Å². The molecule has 0 atom stereocenters. The zero-order chi connectivity index (χ0) is 17.9. The van der Waals surface area contributed by atoms with Crippen molar-refractivity contribution in [2.75, 3.05) is 0 Å². The molecule has 130 valence electrons. The summed E-state index contributed by atoms with van der Waals surface area (Å²) in [5.74, 6) is 0. The zero-order valence-corrected chi connectivity index (χ0v) is 15.0. The minimum atomic E-state index is 0.558. The van der Waals surface area contributed by atoms with E-state index in [1.807, 2.05) is 6.07 Å². The summed E-state index contributed by atoms with van der Waals surface area (Å²) >= 11 is 0. The molecule has 0 aliphatic rings. The first-order chi connectivity index (χ1) is 12.7. The van der Waals surface area contributed by atoms with Crippen LogP contribution in [0.15, 0.2) is 78.9 Å². The molecule has 0 bridgehead atoms. The van der Waals surface area contributed by atoms with Gasteiger partial charge in [-0.1, -0.05) is 72.3 Å². The van der Waals surface area contributed by atoms with E-state index in [0.717, 1.165) is 30.5 Å². The second-order valence-electron chi connectivity index (χ2n) is 6.77. The minimum Gasteiger partial charge on any atom is -0.310 e. The SMILES string of the molecule is Cc1ccc(Cn2c(=N)n(CCc3ccccc3)c3ccccc32)cc1. The smallest absolute Gasteiger partial charge is 0.203 e. The lowest BCUT2D eigenvalue weighted by molar-refractivity contribution is 0.621. The van der Waals surface area contributed by atoms with Gasteiger partial charge in [-0.25, -0.2) is 0 Å². The Balaban J connectivity index is 1.71. The van der Waals surface area contributed by atoms with Crippen LogP contribution in [0.3, 0.4) is 0 Å². The molecule has 0 unspecified atom stereocenters. The first kappa shape index (κ1) is 16.4. The normalized spacial score (nSPS) is 11.1. The molecule has 0 saturated heterocycles. The van der Waals surface area contributed by atoms with E-state index >= 15 is 0 Å². The summed E-state index contributed by atoms with van der Waals surface area (Å²) in [6, 6.07) is 27.4. The summed E-state index contributed by atoms with van der Waals surface area (Å²) in [5.41, 5.74) is 6.58. The fraction of sp³-hybridized carbons (Fsp3) is 0.174. The average molecular weight is 341 g/mol. The van der Waals surface area contributed by atoms with Crippen molar-refractivity contribution in [1.29, 1.82) is 5.41 Å². The number of aryl methyl sites for hydroxylation is 3. The molecule has 26 heavy (non-hydrogen) atoms. The van der Waals surface area contributed by atoms with E-state index < -0.39 is 0 Å². The molecule has 3 nitrogen and oxygen atoms in total. The molecule has 0 saturated carbocycles. The number of nitrogens with zero attached hydrogens (tertiary/aromatic N) is 2. The first-order valence-electron chi connectivity index (χ1n) is 9.04. The maximum atomic E-state index is 8.76. The van der Waals surface area contributed by atoms with Crippen LogP contribution >= 0.6 is 0 Å². The summed E-state index contributed by atoms with van der Waals surface area (Å²) in [5, 5.41) is 8.76. The van der Waals surface area contributed by atoms with Crippen molar-refractivity contribution in [3.05, 3.63) is 101 Å². The summed E-state index contributed by atoms with van der Waals surface area (Å²) in [6.45, 7) is 3.63. The Hall–Kier alpha value is -3.07. The molecule has 0 fully saturated rings. The van der Waals surface area contributed by atoms with Crippen molar-refractivity contribution in [2.45, 2.75) is 26.4 Å². The van der Waals surface area contributed by atoms with Crippen molar-refractivity contribution >= 4 is 11.0 Å². The van der Waals surface area contributed by atoms with Gasteiger partial charge in [-0.15, -0.1) is 0 Å². The minimum absolute atomic E-state index is 0.558. The molecule has 3 heteroatoms. The molecule has 3 aromatic carbocycles. The third-order valence-corrected chi connectivity index (χ3v) is 4.90. The number of benzene rings is 3. The third kappa shape index (κ3) is 3.21. The Morgan fingerprint density at radius 3 is 2.00 bits per heavy atom. The molecule has 0 amide bonds. The van der Waals surface area contributed by atoms with Gasteiger partial charge in [0.15, 0.2) is 0 Å². The lowest BCUT2D eigenvalue weighted by Crippen LogP contribution is -2.25. The lowest BCUT2D eigenvalue weighted by Gasteiger charge is -2.06. The van der Waals surface area contributed by atoms with Gasteiger partial charge in [-0.05, 0) is 36.6 Å². The van der Waals surface area contributed by atoms with Crippen LogP contribution in [-0.2, 0) is 19.5 Å². The highest BCUT2D eigenvalue weighted by molar-refractivity contribution is 5.76. The zero-order valence-electron chi connectivity index (χ0n) is 15.0. The summed E-state index contributed by atoms with van der Waals surface area (Å²) in [7, 11) is 0. The van der Waals surface area contributed by atoms with Gasteiger partial charge in [0.05, 0.1) is 17.6 Å². The predicted molar refractivity (Wildman–Crippen MR) is 106 cm³/mol. The summed E-state index contributed by atoms with van der Waals surface area (Å²) in [4.78, 5) is 0. The standard InChI is InChI=1S/C23H23N3/c1-18-11-13-20(14-12-18)17-26-22-10-6-5-9-21(22)25(23(26)24)16-15-19-7-3-2-4-8-19/h2-14,24H,15-17H2,1H3. The second-order valence-corrected chi connectivity index (χ2v) is 6.77. The number of rotatable bonds is 5. The quantitative estimate of drug-likeness (QED) is 0.554. The summed E-state index contributed by atoms with van der Waals surface area (Å²) < 4.78 is 4.22. The number of hydrogen-bond donors (Lipinski definition) is 1. The van der Waals surface area contributed by atoms with Crippen LogP contribution in [0.25, 0.3) is 11.0 Å². The molecule has 0 aliphatic heterocycles. The molecule has 0 aliphatic carbocycles. The van der Waals surface area contributed by atoms with E-state index in [2.05, 4.69) is 88.9 Å². The molecule has 1 heterocycles. The Bertz CT molecular complexity index is 1070. The van der Waals surface area contributed by atoms with E-state index in [1.54, 1.807) is 0 Å². The third-order valence-electron chi connectivity index (χ3n) is 4.90. The molecular formula is C23H23N3. The van der Waals surface area contributed by atoms with Gasteiger partial charge in [-0.2, -0.15) is 0 Å². The van der Waals surface area contributed by atoms with Crippen molar-refractivity contribution in [3.8, 4) is 0 Å². The largest absolute Gasteiger partial charge is 0.310 e. The van der Waals surface area contributed by atoms with Crippen LogP contribution in [0.5, 0.6) is 0 Å². The van der Waals surface area contributed by atoms with Gasteiger partial charge < -0.3 is 9.13 Å². The van der Waals surface area contributed by atoms with Gasteiger partial charge in [0, 0.05) is 6.54 Å². The Morgan fingerprint density at radius 2 is 1.31 bits per heavy atom. The van der Waals surface area contributed by atoms with Gasteiger partial charge in [-0.3, -0.25) is 5.41 Å². The maximum absolute atomic E-state index is 8.76. The van der Waals surface area contributed by atoms with Crippen molar-refractivity contribution in [2.24, 2.45) is 0 Å².